The molecule has 1 fully saturated rings. The number of carbonyl (C=O) groups is 2. The Labute approximate surface area is 125 Å². The van der Waals surface area contributed by atoms with Gasteiger partial charge >= 0.3 is 11.8 Å². The van der Waals surface area contributed by atoms with Crippen LogP contribution in [0.2, 0.25) is 0 Å². The van der Waals surface area contributed by atoms with E-state index in [0.717, 1.165) is 32.7 Å². The van der Waals surface area contributed by atoms with Gasteiger partial charge in [-0.3, -0.25) is 14.5 Å². The summed E-state index contributed by atoms with van der Waals surface area (Å²) in [5.41, 5.74) is 0.708. The Morgan fingerprint density at radius 1 is 1.24 bits per heavy atom. The highest BCUT2D eigenvalue weighted by molar-refractivity contribution is 6.40. The van der Waals surface area contributed by atoms with Crippen molar-refractivity contribution in [3.63, 3.8) is 0 Å². The van der Waals surface area contributed by atoms with E-state index in [4.69, 9.17) is 0 Å². The van der Waals surface area contributed by atoms with Crippen molar-refractivity contribution in [2.75, 3.05) is 51.2 Å². The summed E-state index contributed by atoms with van der Waals surface area (Å²) in [6, 6.07) is 9.13. The molecule has 2 amide bonds. The molecule has 0 spiro atoms. The smallest absolute Gasteiger partial charge is 0.316 e. The number of nitrogens with zero attached hydrogens (tertiary/aromatic N) is 2. The summed E-state index contributed by atoms with van der Waals surface area (Å²) >= 11 is 0. The van der Waals surface area contributed by atoms with Gasteiger partial charge in [-0.15, -0.1) is 0 Å². The van der Waals surface area contributed by atoms with Crippen molar-refractivity contribution < 1.29 is 9.59 Å². The van der Waals surface area contributed by atoms with Gasteiger partial charge in [0.15, 0.2) is 0 Å². The van der Waals surface area contributed by atoms with E-state index in [1.165, 1.54) is 4.90 Å². The van der Waals surface area contributed by atoms with Gasteiger partial charge in [-0.05, 0) is 12.1 Å². The lowest BCUT2D eigenvalue weighted by Crippen LogP contribution is -2.48. The molecule has 2 N–H and O–H groups in total. The van der Waals surface area contributed by atoms with Crippen LogP contribution in [0.25, 0.3) is 0 Å². The highest BCUT2D eigenvalue weighted by Gasteiger charge is 2.19. The van der Waals surface area contributed by atoms with Crippen LogP contribution < -0.4 is 15.5 Å². The Morgan fingerprint density at radius 3 is 2.57 bits per heavy atom. The summed E-state index contributed by atoms with van der Waals surface area (Å²) in [6.45, 7) is 5.18. The first kappa shape index (κ1) is 15.5. The number of rotatable bonds is 4. The summed E-state index contributed by atoms with van der Waals surface area (Å²) in [4.78, 5) is 27.5. The van der Waals surface area contributed by atoms with Gasteiger partial charge in [0.2, 0.25) is 0 Å². The lowest BCUT2D eigenvalue weighted by Gasteiger charge is -2.27. The highest BCUT2D eigenvalue weighted by atomic mass is 16.2. The van der Waals surface area contributed by atoms with Gasteiger partial charge in [0.25, 0.3) is 0 Å². The number of benzene rings is 1. The molecule has 6 heteroatoms. The average Bonchev–Trinajstić information content (AvgIpc) is 2.55. The lowest BCUT2D eigenvalue weighted by molar-refractivity contribution is -0.137. The molecule has 0 bridgehead atoms. The molecule has 0 aliphatic carbocycles. The van der Waals surface area contributed by atoms with Crippen molar-refractivity contribution >= 4 is 17.5 Å². The number of carbonyl (C=O) groups excluding carboxylic acids is 2. The summed E-state index contributed by atoms with van der Waals surface area (Å²) in [7, 11) is 1.60. The molecule has 1 aliphatic heterocycles. The van der Waals surface area contributed by atoms with Crippen molar-refractivity contribution in [1.29, 1.82) is 0 Å². The van der Waals surface area contributed by atoms with E-state index >= 15 is 0 Å². The monoisotopic (exact) mass is 290 g/mol. The molecule has 0 radical (unpaired) electrons. The maximum absolute atomic E-state index is 12.0. The molecular weight excluding hydrogens is 268 g/mol. The van der Waals surface area contributed by atoms with E-state index in [0.29, 0.717) is 12.2 Å². The van der Waals surface area contributed by atoms with Crippen LogP contribution in [0.5, 0.6) is 0 Å². The molecule has 1 aromatic rings. The number of anilines is 1. The predicted molar refractivity (Wildman–Crippen MR) is 82.2 cm³/mol. The summed E-state index contributed by atoms with van der Waals surface area (Å²) < 4.78 is 0. The summed E-state index contributed by atoms with van der Waals surface area (Å²) in [5.74, 6) is -1.10. The third-order valence-corrected chi connectivity index (χ3v) is 3.57. The first-order valence-electron chi connectivity index (χ1n) is 7.22. The number of hydrogen-bond donors (Lipinski definition) is 2. The van der Waals surface area contributed by atoms with E-state index in [1.807, 2.05) is 18.2 Å². The maximum Gasteiger partial charge on any atom is 0.316 e. The Morgan fingerprint density at radius 2 is 1.90 bits per heavy atom. The van der Waals surface area contributed by atoms with Gasteiger partial charge in [-0.25, -0.2) is 0 Å². The van der Waals surface area contributed by atoms with Crippen molar-refractivity contribution in [3.8, 4) is 0 Å². The van der Waals surface area contributed by atoms with Gasteiger partial charge in [-0.2, -0.15) is 0 Å². The minimum atomic E-state index is -0.559. The SMILES string of the molecule is CN(C(=O)C(=O)NCCN1CCNCC1)c1ccccc1. The van der Waals surface area contributed by atoms with Gasteiger partial charge in [0.05, 0.1) is 0 Å². The first-order chi connectivity index (χ1) is 10.2. The van der Waals surface area contributed by atoms with Crippen molar-refractivity contribution in [2.24, 2.45) is 0 Å². The van der Waals surface area contributed by atoms with E-state index in [2.05, 4.69) is 15.5 Å². The fourth-order valence-electron chi connectivity index (χ4n) is 2.26. The zero-order chi connectivity index (χ0) is 15.1. The molecule has 6 nitrogen and oxygen atoms in total. The molecule has 2 rings (SSSR count). The fourth-order valence-corrected chi connectivity index (χ4v) is 2.26. The topological polar surface area (TPSA) is 64.7 Å². The fraction of sp³-hybridized carbons (Fsp3) is 0.467. The molecule has 1 heterocycles. The number of likely N-dealkylation sites (N-methyl/N-ethyl adjacent to an activating group) is 1. The molecule has 1 aromatic carbocycles. The average molecular weight is 290 g/mol. The summed E-state index contributed by atoms with van der Waals surface area (Å²) in [6.07, 6.45) is 0. The molecule has 0 atom stereocenters. The Balaban J connectivity index is 1.75. The number of para-hydroxylation sites is 1. The quantitative estimate of drug-likeness (QED) is 0.746. The zero-order valence-electron chi connectivity index (χ0n) is 12.3. The van der Waals surface area contributed by atoms with Crippen LogP contribution in [0.3, 0.4) is 0 Å². The lowest BCUT2D eigenvalue weighted by atomic mass is 10.3. The van der Waals surface area contributed by atoms with Gasteiger partial charge < -0.3 is 15.5 Å². The van der Waals surface area contributed by atoms with E-state index in [1.54, 1.807) is 19.2 Å². The van der Waals surface area contributed by atoms with Gasteiger partial charge in [0.1, 0.15) is 0 Å². The normalized spacial score (nSPS) is 15.5. The van der Waals surface area contributed by atoms with Crippen molar-refractivity contribution in [3.05, 3.63) is 30.3 Å². The zero-order valence-corrected chi connectivity index (χ0v) is 12.3. The molecule has 21 heavy (non-hydrogen) atoms. The molecule has 0 saturated carbocycles. The molecular formula is C15H22N4O2. The van der Waals surface area contributed by atoms with Crippen LogP contribution in [0, 0.1) is 0 Å². The van der Waals surface area contributed by atoms with Crippen LogP contribution in [0.1, 0.15) is 0 Å². The number of amides is 2. The second-order valence-corrected chi connectivity index (χ2v) is 5.05. The van der Waals surface area contributed by atoms with Crippen LogP contribution >= 0.6 is 0 Å². The van der Waals surface area contributed by atoms with Gasteiger partial charge in [-0.1, -0.05) is 18.2 Å². The number of hydrogen-bond acceptors (Lipinski definition) is 4. The largest absolute Gasteiger partial charge is 0.347 e. The molecule has 114 valence electrons. The van der Waals surface area contributed by atoms with Crippen molar-refractivity contribution in [1.82, 2.24) is 15.5 Å². The minimum absolute atomic E-state index is 0.493. The van der Waals surface area contributed by atoms with Crippen molar-refractivity contribution in [2.45, 2.75) is 0 Å². The van der Waals surface area contributed by atoms with E-state index in [-0.39, 0.29) is 0 Å². The van der Waals surface area contributed by atoms with Crippen LogP contribution in [0.15, 0.2) is 30.3 Å². The van der Waals surface area contributed by atoms with Gasteiger partial charge in [0, 0.05) is 52.0 Å². The standard InChI is InChI=1S/C15H22N4O2/c1-18(13-5-3-2-4-6-13)15(21)14(20)17-9-12-19-10-7-16-8-11-19/h2-6,16H,7-12H2,1H3,(H,17,20). The predicted octanol–water partition coefficient (Wildman–Crippen LogP) is -0.329. The molecule has 1 saturated heterocycles. The molecule has 0 unspecified atom stereocenters. The summed E-state index contributed by atoms with van der Waals surface area (Å²) in [5, 5.41) is 5.96. The Hall–Kier alpha value is -1.92. The third-order valence-electron chi connectivity index (χ3n) is 3.57. The Kier molecular flexibility index (Phi) is 5.71. The molecule has 1 aliphatic rings. The van der Waals surface area contributed by atoms with Crippen LogP contribution in [0.4, 0.5) is 5.69 Å². The molecule has 0 aromatic heterocycles. The third kappa shape index (κ3) is 4.54. The highest BCUT2D eigenvalue weighted by Crippen LogP contribution is 2.10. The maximum atomic E-state index is 12.0. The van der Waals surface area contributed by atoms with Crippen LogP contribution in [-0.4, -0.2) is 63.0 Å². The van der Waals surface area contributed by atoms with Crippen LogP contribution in [-0.2, 0) is 9.59 Å². The number of nitrogens with one attached hydrogen (secondary N) is 2. The Bertz CT molecular complexity index is 472. The van der Waals surface area contributed by atoms with E-state index < -0.39 is 11.8 Å². The first-order valence-corrected chi connectivity index (χ1v) is 7.22. The second-order valence-electron chi connectivity index (χ2n) is 5.05. The van der Waals surface area contributed by atoms with E-state index in [9.17, 15) is 9.59 Å². The number of piperazine rings is 1. The second kappa shape index (κ2) is 7.75. The minimum Gasteiger partial charge on any atom is -0.347 e.